The maximum absolute atomic E-state index is 13.5. The summed E-state index contributed by atoms with van der Waals surface area (Å²) in [4.78, 5) is 28.2. The lowest BCUT2D eigenvalue weighted by atomic mass is 10.00. The summed E-state index contributed by atoms with van der Waals surface area (Å²) in [6, 6.07) is 22.1. The van der Waals surface area contributed by atoms with Crippen molar-refractivity contribution < 1.29 is 9.59 Å². The molecule has 4 nitrogen and oxygen atoms in total. The van der Waals surface area contributed by atoms with Crippen LogP contribution in [0.2, 0.25) is 0 Å². The molecule has 0 aliphatic carbocycles. The van der Waals surface area contributed by atoms with Gasteiger partial charge >= 0.3 is 0 Å². The molecule has 0 unspecified atom stereocenters. The zero-order chi connectivity index (χ0) is 23.1. The Labute approximate surface area is 191 Å². The highest BCUT2D eigenvalue weighted by atomic mass is 16.2. The number of fused-ring (bicyclic) bond motifs is 1. The Balaban J connectivity index is 1.84. The molecule has 168 valence electrons. The second-order valence-corrected chi connectivity index (χ2v) is 8.67. The molecule has 0 aromatic heterocycles. The van der Waals surface area contributed by atoms with Crippen molar-refractivity contribution in [2.45, 2.75) is 65.6 Å². The minimum Gasteiger partial charge on any atom is -0.352 e. The fraction of sp³-hybridized carbons (Fsp3) is 0.357. The minimum atomic E-state index is -0.489. The fourth-order valence-electron chi connectivity index (χ4n) is 4.17. The first kappa shape index (κ1) is 23.5. The monoisotopic (exact) mass is 430 g/mol. The lowest BCUT2D eigenvalue weighted by Gasteiger charge is -2.31. The number of carbonyl (C=O) groups excluding carboxylic acids is 2. The standard InChI is InChI=1S/C28H34N2O2/c1-5-26(28(32)29-20(2)3)30(19-24-13-7-6-11-21(24)4)27(31)18-17-23-15-10-14-22-12-8-9-16-25(22)23/h6-16,20,26H,5,17-19H2,1-4H3,(H,29,32)/t26-/m1/s1. The van der Waals surface area contributed by atoms with Crippen molar-refractivity contribution in [3.8, 4) is 0 Å². The highest BCUT2D eigenvalue weighted by Gasteiger charge is 2.29. The van der Waals surface area contributed by atoms with Crippen LogP contribution in [0.15, 0.2) is 66.7 Å². The van der Waals surface area contributed by atoms with E-state index in [0.717, 1.165) is 16.7 Å². The topological polar surface area (TPSA) is 49.4 Å². The number of benzene rings is 3. The quantitative estimate of drug-likeness (QED) is 0.493. The number of aryl methyl sites for hydroxylation is 2. The van der Waals surface area contributed by atoms with Crippen LogP contribution in [0.4, 0.5) is 0 Å². The third kappa shape index (κ3) is 5.76. The SMILES string of the molecule is CC[C@H](C(=O)NC(C)C)N(Cc1ccccc1C)C(=O)CCc1cccc2ccccc12. The van der Waals surface area contributed by atoms with Gasteiger partial charge in [0, 0.05) is 19.0 Å². The van der Waals surface area contributed by atoms with Gasteiger partial charge < -0.3 is 10.2 Å². The lowest BCUT2D eigenvalue weighted by Crippen LogP contribution is -2.50. The van der Waals surface area contributed by atoms with Gasteiger partial charge in [-0.05, 0) is 61.1 Å². The third-order valence-electron chi connectivity index (χ3n) is 5.91. The van der Waals surface area contributed by atoms with Gasteiger partial charge in [-0.3, -0.25) is 9.59 Å². The molecule has 0 saturated heterocycles. The summed E-state index contributed by atoms with van der Waals surface area (Å²) in [6.45, 7) is 8.33. The maximum Gasteiger partial charge on any atom is 0.243 e. The van der Waals surface area contributed by atoms with E-state index in [2.05, 4.69) is 29.6 Å². The predicted molar refractivity (Wildman–Crippen MR) is 131 cm³/mol. The first-order valence-electron chi connectivity index (χ1n) is 11.5. The molecule has 3 aromatic rings. The molecule has 0 spiro atoms. The van der Waals surface area contributed by atoms with E-state index in [0.29, 0.717) is 25.8 Å². The van der Waals surface area contributed by atoms with Crippen LogP contribution < -0.4 is 5.32 Å². The molecule has 0 fully saturated rings. The number of nitrogens with one attached hydrogen (secondary N) is 1. The van der Waals surface area contributed by atoms with E-state index in [1.54, 1.807) is 4.90 Å². The Bertz CT molecular complexity index is 1070. The van der Waals surface area contributed by atoms with E-state index in [-0.39, 0.29) is 17.9 Å². The molecule has 0 radical (unpaired) electrons. The van der Waals surface area contributed by atoms with Crippen molar-refractivity contribution in [3.05, 3.63) is 83.4 Å². The second kappa shape index (κ2) is 10.9. The summed E-state index contributed by atoms with van der Waals surface area (Å²) in [7, 11) is 0. The lowest BCUT2D eigenvalue weighted by molar-refractivity contribution is -0.141. The third-order valence-corrected chi connectivity index (χ3v) is 5.91. The summed E-state index contributed by atoms with van der Waals surface area (Å²) >= 11 is 0. The summed E-state index contributed by atoms with van der Waals surface area (Å²) in [5.74, 6) is -0.0819. The van der Waals surface area contributed by atoms with E-state index in [4.69, 9.17) is 0 Å². The first-order chi connectivity index (χ1) is 15.4. The van der Waals surface area contributed by atoms with E-state index in [1.807, 2.05) is 70.2 Å². The Hall–Kier alpha value is -3.14. The molecule has 0 aliphatic heterocycles. The van der Waals surface area contributed by atoms with Crippen LogP contribution in [0.5, 0.6) is 0 Å². The molecule has 32 heavy (non-hydrogen) atoms. The molecule has 3 aromatic carbocycles. The molecule has 4 heteroatoms. The van der Waals surface area contributed by atoms with Crippen LogP contribution in [0.3, 0.4) is 0 Å². The van der Waals surface area contributed by atoms with Gasteiger partial charge in [0.05, 0.1) is 0 Å². The summed E-state index contributed by atoms with van der Waals surface area (Å²) in [5, 5.41) is 5.35. The van der Waals surface area contributed by atoms with Gasteiger partial charge in [-0.15, -0.1) is 0 Å². The normalized spacial score (nSPS) is 12.0. The summed E-state index contributed by atoms with van der Waals surface area (Å²) in [6.07, 6.45) is 1.59. The maximum atomic E-state index is 13.5. The van der Waals surface area contributed by atoms with Crippen molar-refractivity contribution in [2.75, 3.05) is 0 Å². The van der Waals surface area contributed by atoms with Crippen molar-refractivity contribution in [1.82, 2.24) is 10.2 Å². The molecular weight excluding hydrogens is 396 g/mol. The first-order valence-corrected chi connectivity index (χ1v) is 11.5. The largest absolute Gasteiger partial charge is 0.352 e. The average molecular weight is 431 g/mol. The van der Waals surface area contributed by atoms with Crippen LogP contribution in [0.1, 0.15) is 50.3 Å². The second-order valence-electron chi connectivity index (χ2n) is 8.67. The molecule has 2 amide bonds. The molecule has 0 bridgehead atoms. The zero-order valence-electron chi connectivity index (χ0n) is 19.6. The van der Waals surface area contributed by atoms with Gasteiger partial charge in [0.15, 0.2) is 0 Å². The van der Waals surface area contributed by atoms with E-state index < -0.39 is 6.04 Å². The van der Waals surface area contributed by atoms with Crippen molar-refractivity contribution >= 4 is 22.6 Å². The Morgan fingerprint density at radius 1 is 0.906 bits per heavy atom. The summed E-state index contributed by atoms with van der Waals surface area (Å²) < 4.78 is 0. The Morgan fingerprint density at radius 2 is 1.56 bits per heavy atom. The van der Waals surface area contributed by atoms with Gasteiger partial charge in [-0.1, -0.05) is 73.7 Å². The van der Waals surface area contributed by atoms with Crippen LogP contribution in [-0.2, 0) is 22.6 Å². The van der Waals surface area contributed by atoms with Crippen LogP contribution in [0, 0.1) is 6.92 Å². The molecule has 0 saturated carbocycles. The Kier molecular flexibility index (Phi) is 8.04. The van der Waals surface area contributed by atoms with E-state index in [9.17, 15) is 9.59 Å². The number of nitrogens with zero attached hydrogens (tertiary/aromatic N) is 1. The highest BCUT2D eigenvalue weighted by molar-refractivity contribution is 5.89. The molecular formula is C28H34N2O2. The molecule has 1 atom stereocenters. The summed E-state index contributed by atoms with van der Waals surface area (Å²) in [5.41, 5.74) is 3.35. The molecule has 0 aliphatic rings. The van der Waals surface area contributed by atoms with Gasteiger partial charge in [0.1, 0.15) is 6.04 Å². The van der Waals surface area contributed by atoms with Gasteiger partial charge in [-0.25, -0.2) is 0 Å². The number of carbonyl (C=O) groups is 2. The zero-order valence-corrected chi connectivity index (χ0v) is 19.6. The number of rotatable bonds is 9. The molecule has 3 rings (SSSR count). The van der Waals surface area contributed by atoms with Crippen molar-refractivity contribution in [1.29, 1.82) is 0 Å². The predicted octanol–water partition coefficient (Wildman–Crippen LogP) is 5.41. The van der Waals surface area contributed by atoms with E-state index >= 15 is 0 Å². The Morgan fingerprint density at radius 3 is 2.28 bits per heavy atom. The van der Waals surface area contributed by atoms with Crippen molar-refractivity contribution in [2.24, 2.45) is 0 Å². The smallest absolute Gasteiger partial charge is 0.243 e. The van der Waals surface area contributed by atoms with Gasteiger partial charge in [-0.2, -0.15) is 0 Å². The number of hydrogen-bond donors (Lipinski definition) is 1. The molecule has 0 heterocycles. The van der Waals surface area contributed by atoms with Gasteiger partial charge in [0.2, 0.25) is 11.8 Å². The average Bonchev–Trinajstić information content (AvgIpc) is 2.78. The number of hydrogen-bond acceptors (Lipinski definition) is 2. The number of amides is 2. The van der Waals surface area contributed by atoms with E-state index in [1.165, 1.54) is 10.8 Å². The van der Waals surface area contributed by atoms with Crippen LogP contribution in [0.25, 0.3) is 10.8 Å². The van der Waals surface area contributed by atoms with Crippen LogP contribution >= 0.6 is 0 Å². The highest BCUT2D eigenvalue weighted by Crippen LogP contribution is 2.22. The fourth-order valence-corrected chi connectivity index (χ4v) is 4.17. The minimum absolute atomic E-state index is 0.00643. The molecule has 1 N–H and O–H groups in total. The van der Waals surface area contributed by atoms with Crippen molar-refractivity contribution in [3.63, 3.8) is 0 Å². The van der Waals surface area contributed by atoms with Crippen LogP contribution in [-0.4, -0.2) is 28.8 Å². The van der Waals surface area contributed by atoms with Gasteiger partial charge in [0.25, 0.3) is 0 Å².